The Morgan fingerprint density at radius 2 is 2.06 bits per heavy atom. The number of aryl methyl sites for hydroxylation is 1. The number of halogens is 1. The van der Waals surface area contributed by atoms with Gasteiger partial charge in [-0.05, 0) is 42.3 Å². The molecule has 90 valence electrons. The fourth-order valence-corrected chi connectivity index (χ4v) is 2.43. The number of hydrogen-bond donors (Lipinski definition) is 0. The average Bonchev–Trinajstić information content (AvgIpc) is 2.70. The Balaban J connectivity index is 1.95. The summed E-state index contributed by atoms with van der Waals surface area (Å²) in [7, 11) is 0. The van der Waals surface area contributed by atoms with Crippen LogP contribution in [0.2, 0.25) is 0 Å². The number of fused-ring (bicyclic) bond motifs is 1. The molecule has 2 aromatic carbocycles. The number of benzene rings is 2. The summed E-state index contributed by atoms with van der Waals surface area (Å²) in [5, 5.41) is 0. The van der Waals surface area contributed by atoms with E-state index in [4.69, 9.17) is 4.42 Å². The quantitative estimate of drug-likeness (QED) is 0.697. The second-order valence-electron chi connectivity index (χ2n) is 4.39. The van der Waals surface area contributed by atoms with E-state index in [0.717, 1.165) is 21.5 Å². The maximum Gasteiger partial charge on any atom is 0.199 e. The molecule has 0 aliphatic rings. The molecule has 0 atom stereocenters. The third-order valence-electron chi connectivity index (χ3n) is 2.83. The number of oxazole rings is 1. The summed E-state index contributed by atoms with van der Waals surface area (Å²) in [4.78, 5) is 4.52. The predicted molar refractivity (Wildman–Crippen MR) is 75.7 cm³/mol. The molecule has 3 heteroatoms. The molecule has 1 heterocycles. The van der Waals surface area contributed by atoms with Crippen molar-refractivity contribution in [2.24, 2.45) is 0 Å². The van der Waals surface area contributed by atoms with Crippen LogP contribution in [0.4, 0.5) is 0 Å². The van der Waals surface area contributed by atoms with E-state index in [1.54, 1.807) is 0 Å². The first kappa shape index (κ1) is 11.5. The lowest BCUT2D eigenvalue weighted by Crippen LogP contribution is -1.87. The van der Waals surface area contributed by atoms with Gasteiger partial charge in [0.2, 0.25) is 0 Å². The van der Waals surface area contributed by atoms with Crippen LogP contribution in [0, 0.1) is 6.92 Å². The highest BCUT2D eigenvalue weighted by Gasteiger charge is 2.06. The Morgan fingerprint density at radius 3 is 2.89 bits per heavy atom. The van der Waals surface area contributed by atoms with Crippen molar-refractivity contribution in [2.75, 3.05) is 0 Å². The molecule has 0 radical (unpaired) electrons. The van der Waals surface area contributed by atoms with Crippen molar-refractivity contribution in [3.63, 3.8) is 0 Å². The molecule has 0 aliphatic heterocycles. The van der Waals surface area contributed by atoms with Gasteiger partial charge in [-0.1, -0.05) is 34.1 Å². The fraction of sp³-hybridized carbons (Fsp3) is 0.133. The Labute approximate surface area is 114 Å². The Hall–Kier alpha value is -1.61. The molecular formula is C15H12BrNO. The standard InChI is InChI=1S/C15H12BrNO/c1-10-5-6-14-13(7-10)17-15(18-14)9-11-3-2-4-12(16)8-11/h2-8H,9H2,1H3. The number of aromatic nitrogens is 1. The minimum atomic E-state index is 0.715. The average molecular weight is 302 g/mol. The van der Waals surface area contributed by atoms with Gasteiger partial charge in [0, 0.05) is 10.9 Å². The van der Waals surface area contributed by atoms with E-state index in [-0.39, 0.29) is 0 Å². The van der Waals surface area contributed by atoms with Gasteiger partial charge in [0.1, 0.15) is 5.52 Å². The van der Waals surface area contributed by atoms with Gasteiger partial charge in [-0.15, -0.1) is 0 Å². The lowest BCUT2D eigenvalue weighted by atomic mass is 10.1. The lowest BCUT2D eigenvalue weighted by molar-refractivity contribution is 0.544. The molecule has 0 saturated carbocycles. The van der Waals surface area contributed by atoms with Crippen LogP contribution in [-0.4, -0.2) is 4.98 Å². The maximum atomic E-state index is 5.74. The van der Waals surface area contributed by atoms with E-state index < -0.39 is 0 Å². The SMILES string of the molecule is Cc1ccc2oc(Cc3cccc(Br)c3)nc2c1. The van der Waals surface area contributed by atoms with Crippen LogP contribution in [-0.2, 0) is 6.42 Å². The van der Waals surface area contributed by atoms with Crippen LogP contribution in [0.1, 0.15) is 17.0 Å². The van der Waals surface area contributed by atoms with Gasteiger partial charge < -0.3 is 4.42 Å². The number of hydrogen-bond acceptors (Lipinski definition) is 2. The molecule has 0 aliphatic carbocycles. The van der Waals surface area contributed by atoms with Crippen molar-refractivity contribution in [1.29, 1.82) is 0 Å². The van der Waals surface area contributed by atoms with E-state index in [9.17, 15) is 0 Å². The highest BCUT2D eigenvalue weighted by Crippen LogP contribution is 2.20. The zero-order chi connectivity index (χ0) is 12.5. The molecule has 3 rings (SSSR count). The van der Waals surface area contributed by atoms with Crippen molar-refractivity contribution in [2.45, 2.75) is 13.3 Å². The van der Waals surface area contributed by atoms with Gasteiger partial charge in [0.05, 0.1) is 0 Å². The summed E-state index contributed by atoms with van der Waals surface area (Å²) in [6.45, 7) is 2.06. The normalized spacial score (nSPS) is 11.0. The third kappa shape index (κ3) is 2.31. The minimum Gasteiger partial charge on any atom is -0.440 e. The first-order chi connectivity index (χ1) is 8.70. The zero-order valence-electron chi connectivity index (χ0n) is 9.98. The summed E-state index contributed by atoms with van der Waals surface area (Å²) in [6, 6.07) is 14.2. The van der Waals surface area contributed by atoms with Crippen molar-refractivity contribution in [3.8, 4) is 0 Å². The zero-order valence-corrected chi connectivity index (χ0v) is 11.6. The second-order valence-corrected chi connectivity index (χ2v) is 5.30. The molecule has 1 aromatic heterocycles. The van der Waals surface area contributed by atoms with Crippen LogP contribution < -0.4 is 0 Å². The predicted octanol–water partition coefficient (Wildman–Crippen LogP) is 4.49. The Kier molecular flexibility index (Phi) is 2.92. The summed E-state index contributed by atoms with van der Waals surface area (Å²) in [6.07, 6.45) is 0.715. The first-order valence-electron chi connectivity index (χ1n) is 5.81. The fourth-order valence-electron chi connectivity index (χ4n) is 1.98. The van der Waals surface area contributed by atoms with E-state index in [1.165, 1.54) is 11.1 Å². The summed E-state index contributed by atoms with van der Waals surface area (Å²) < 4.78 is 6.82. The van der Waals surface area contributed by atoms with Crippen LogP contribution >= 0.6 is 15.9 Å². The van der Waals surface area contributed by atoms with Gasteiger partial charge in [-0.25, -0.2) is 4.98 Å². The maximum absolute atomic E-state index is 5.74. The van der Waals surface area contributed by atoms with E-state index in [2.05, 4.69) is 40.0 Å². The highest BCUT2D eigenvalue weighted by atomic mass is 79.9. The Morgan fingerprint density at radius 1 is 1.17 bits per heavy atom. The first-order valence-corrected chi connectivity index (χ1v) is 6.60. The van der Waals surface area contributed by atoms with E-state index in [1.807, 2.05) is 30.3 Å². The van der Waals surface area contributed by atoms with Crippen LogP contribution in [0.25, 0.3) is 11.1 Å². The van der Waals surface area contributed by atoms with Crippen LogP contribution in [0.15, 0.2) is 51.4 Å². The molecule has 0 spiro atoms. The monoisotopic (exact) mass is 301 g/mol. The van der Waals surface area contributed by atoms with Gasteiger partial charge >= 0.3 is 0 Å². The molecule has 0 saturated heterocycles. The summed E-state index contributed by atoms with van der Waals surface area (Å²) >= 11 is 3.47. The van der Waals surface area contributed by atoms with Gasteiger partial charge in [0.25, 0.3) is 0 Å². The summed E-state index contributed by atoms with van der Waals surface area (Å²) in [5.74, 6) is 0.758. The number of nitrogens with zero attached hydrogens (tertiary/aromatic N) is 1. The molecule has 0 bridgehead atoms. The van der Waals surface area contributed by atoms with E-state index in [0.29, 0.717) is 6.42 Å². The van der Waals surface area contributed by atoms with Crippen LogP contribution in [0.3, 0.4) is 0 Å². The van der Waals surface area contributed by atoms with Crippen LogP contribution in [0.5, 0.6) is 0 Å². The topological polar surface area (TPSA) is 26.0 Å². The third-order valence-corrected chi connectivity index (χ3v) is 3.32. The highest BCUT2D eigenvalue weighted by molar-refractivity contribution is 9.10. The molecule has 0 fully saturated rings. The number of rotatable bonds is 2. The summed E-state index contributed by atoms with van der Waals surface area (Å²) in [5.41, 5.74) is 4.17. The second kappa shape index (κ2) is 4.58. The smallest absolute Gasteiger partial charge is 0.199 e. The molecule has 0 unspecified atom stereocenters. The lowest BCUT2D eigenvalue weighted by Gasteiger charge is -1.97. The molecule has 3 aromatic rings. The largest absolute Gasteiger partial charge is 0.440 e. The minimum absolute atomic E-state index is 0.715. The molecule has 18 heavy (non-hydrogen) atoms. The van der Waals surface area contributed by atoms with Crippen molar-refractivity contribution in [3.05, 3.63) is 64.0 Å². The van der Waals surface area contributed by atoms with Crippen molar-refractivity contribution in [1.82, 2.24) is 4.98 Å². The Bertz CT molecular complexity index is 703. The van der Waals surface area contributed by atoms with Crippen molar-refractivity contribution < 1.29 is 4.42 Å². The van der Waals surface area contributed by atoms with Gasteiger partial charge in [0.15, 0.2) is 11.5 Å². The molecule has 0 amide bonds. The molecule has 0 N–H and O–H groups in total. The van der Waals surface area contributed by atoms with E-state index >= 15 is 0 Å². The molecular weight excluding hydrogens is 290 g/mol. The van der Waals surface area contributed by atoms with Crippen molar-refractivity contribution >= 4 is 27.0 Å². The molecule has 2 nitrogen and oxygen atoms in total. The van der Waals surface area contributed by atoms with Gasteiger partial charge in [-0.2, -0.15) is 0 Å². The van der Waals surface area contributed by atoms with Gasteiger partial charge in [-0.3, -0.25) is 0 Å².